The lowest BCUT2D eigenvalue weighted by Crippen LogP contribution is -2.12. The average Bonchev–Trinajstić information content (AvgIpc) is 3.08. The maximum absolute atomic E-state index is 9.13. The van der Waals surface area contributed by atoms with Gasteiger partial charge in [-0.15, -0.1) is 0 Å². The lowest BCUT2D eigenvalue weighted by molar-refractivity contribution is 0.275. The van der Waals surface area contributed by atoms with Crippen molar-refractivity contribution < 1.29 is 5.11 Å². The fourth-order valence-electron chi connectivity index (χ4n) is 2.82. The van der Waals surface area contributed by atoms with Crippen LogP contribution in [0.5, 0.6) is 0 Å². The van der Waals surface area contributed by atoms with E-state index >= 15 is 0 Å². The Labute approximate surface area is 152 Å². The summed E-state index contributed by atoms with van der Waals surface area (Å²) in [6.45, 7) is 5.33. The lowest BCUT2D eigenvalue weighted by atomic mass is 10.1. The number of nitrogens with zero attached hydrogens (tertiary/aromatic N) is 5. The Kier molecular flexibility index (Phi) is 5.50. The summed E-state index contributed by atoms with van der Waals surface area (Å²) >= 11 is 6.06. The van der Waals surface area contributed by atoms with Crippen molar-refractivity contribution in [3.63, 3.8) is 0 Å². The molecule has 1 N–H and O–H groups in total. The van der Waals surface area contributed by atoms with Crippen LogP contribution in [0.4, 0.5) is 0 Å². The number of aromatic nitrogens is 5. The zero-order valence-corrected chi connectivity index (χ0v) is 15.2. The quantitative estimate of drug-likeness (QED) is 0.704. The van der Waals surface area contributed by atoms with Crippen molar-refractivity contribution in [1.29, 1.82) is 0 Å². The molecule has 3 aromatic rings. The van der Waals surface area contributed by atoms with Crippen molar-refractivity contribution in [3.8, 4) is 0 Å². The van der Waals surface area contributed by atoms with E-state index in [1.807, 2.05) is 53.5 Å². The van der Waals surface area contributed by atoms with Crippen LogP contribution >= 0.6 is 11.6 Å². The van der Waals surface area contributed by atoms with Gasteiger partial charge in [0.1, 0.15) is 12.4 Å². The van der Waals surface area contributed by atoms with Crippen molar-refractivity contribution in [2.75, 3.05) is 6.61 Å². The van der Waals surface area contributed by atoms with Crippen LogP contribution in [0.3, 0.4) is 0 Å². The van der Waals surface area contributed by atoms with Gasteiger partial charge in [-0.05, 0) is 44.0 Å². The minimum absolute atomic E-state index is 0.128. The summed E-state index contributed by atoms with van der Waals surface area (Å²) in [6, 6.07) is 9.77. The van der Waals surface area contributed by atoms with E-state index in [2.05, 4.69) is 10.2 Å². The molecule has 0 bridgehead atoms. The molecule has 2 heterocycles. The predicted molar refractivity (Wildman–Crippen MR) is 96.8 cm³/mol. The van der Waals surface area contributed by atoms with E-state index in [0.717, 1.165) is 28.6 Å². The third-order valence-corrected chi connectivity index (χ3v) is 4.20. The van der Waals surface area contributed by atoms with Gasteiger partial charge in [-0.3, -0.25) is 4.68 Å². The minimum Gasteiger partial charge on any atom is -0.396 e. The summed E-state index contributed by atoms with van der Waals surface area (Å²) in [6.07, 6.45) is 1.26. The number of hydrogen-bond donors (Lipinski definition) is 1. The van der Waals surface area contributed by atoms with Crippen LogP contribution < -0.4 is 0 Å². The molecular formula is C18H22ClN5O. The van der Waals surface area contributed by atoms with Gasteiger partial charge in [0.2, 0.25) is 0 Å². The highest BCUT2D eigenvalue weighted by Crippen LogP contribution is 2.14. The summed E-state index contributed by atoms with van der Waals surface area (Å²) in [7, 11) is 0. The van der Waals surface area contributed by atoms with Gasteiger partial charge in [-0.1, -0.05) is 23.7 Å². The van der Waals surface area contributed by atoms with E-state index in [1.54, 1.807) is 0 Å². The summed E-state index contributed by atoms with van der Waals surface area (Å²) in [5.41, 5.74) is 3.15. The van der Waals surface area contributed by atoms with Gasteiger partial charge < -0.3 is 5.11 Å². The molecule has 6 nitrogen and oxygen atoms in total. The van der Waals surface area contributed by atoms with Crippen LogP contribution in [0, 0.1) is 13.8 Å². The monoisotopic (exact) mass is 359 g/mol. The molecule has 0 radical (unpaired) electrons. The number of hydrogen-bond acceptors (Lipinski definition) is 4. The Hall–Kier alpha value is -2.18. The van der Waals surface area contributed by atoms with Gasteiger partial charge in [-0.25, -0.2) is 9.67 Å². The molecule has 0 aliphatic carbocycles. The Morgan fingerprint density at radius 3 is 2.64 bits per heavy atom. The molecule has 0 saturated heterocycles. The third-order valence-electron chi connectivity index (χ3n) is 3.97. The third kappa shape index (κ3) is 4.46. The van der Waals surface area contributed by atoms with Gasteiger partial charge in [0, 0.05) is 30.3 Å². The molecule has 0 unspecified atom stereocenters. The van der Waals surface area contributed by atoms with E-state index in [1.165, 1.54) is 0 Å². The van der Waals surface area contributed by atoms with Gasteiger partial charge in [-0.2, -0.15) is 10.2 Å². The molecule has 1 aromatic carbocycles. The second-order valence-electron chi connectivity index (χ2n) is 6.14. The molecule has 0 aliphatic heterocycles. The second-order valence-corrected chi connectivity index (χ2v) is 6.57. The molecular weight excluding hydrogens is 338 g/mol. The molecule has 25 heavy (non-hydrogen) atoms. The molecule has 0 saturated carbocycles. The molecule has 0 atom stereocenters. The maximum Gasteiger partial charge on any atom is 0.155 e. The largest absolute Gasteiger partial charge is 0.396 e. The van der Waals surface area contributed by atoms with E-state index in [9.17, 15) is 0 Å². The summed E-state index contributed by atoms with van der Waals surface area (Å²) < 4.78 is 3.80. The normalized spacial score (nSPS) is 11.2. The first-order chi connectivity index (χ1) is 12.0. The summed E-state index contributed by atoms with van der Waals surface area (Å²) in [5, 5.41) is 19.0. The highest BCUT2D eigenvalue weighted by atomic mass is 35.5. The molecule has 2 aromatic heterocycles. The Balaban J connectivity index is 1.85. The molecule has 0 fully saturated rings. The zero-order chi connectivity index (χ0) is 17.8. The van der Waals surface area contributed by atoms with Crippen molar-refractivity contribution in [1.82, 2.24) is 24.5 Å². The van der Waals surface area contributed by atoms with E-state index in [0.29, 0.717) is 31.0 Å². The van der Waals surface area contributed by atoms with Crippen LogP contribution in [0.1, 0.15) is 35.0 Å². The SMILES string of the molecule is Cc1cc(C)n(Cc2nc(Cc3cccc(Cl)c3)nn2CCCO)n1. The van der Waals surface area contributed by atoms with Crippen molar-refractivity contribution in [2.24, 2.45) is 0 Å². The summed E-state index contributed by atoms with van der Waals surface area (Å²) in [4.78, 5) is 4.70. The van der Waals surface area contributed by atoms with E-state index in [4.69, 9.17) is 21.7 Å². The van der Waals surface area contributed by atoms with Crippen molar-refractivity contribution in [3.05, 3.63) is 64.0 Å². The molecule has 132 valence electrons. The summed E-state index contributed by atoms with van der Waals surface area (Å²) in [5.74, 6) is 1.59. The van der Waals surface area contributed by atoms with E-state index < -0.39 is 0 Å². The number of rotatable bonds is 7. The Morgan fingerprint density at radius 1 is 1.12 bits per heavy atom. The van der Waals surface area contributed by atoms with Crippen molar-refractivity contribution in [2.45, 2.75) is 39.8 Å². The van der Waals surface area contributed by atoms with Gasteiger partial charge in [0.15, 0.2) is 5.82 Å². The standard InChI is InChI=1S/C18H22ClN5O/c1-13-9-14(2)24(21-13)12-18-20-17(22-23(18)7-4-8-25)11-15-5-3-6-16(19)10-15/h3,5-6,9-10,25H,4,7-8,11-12H2,1-2H3. The highest BCUT2D eigenvalue weighted by Gasteiger charge is 2.13. The van der Waals surface area contributed by atoms with Gasteiger partial charge in [0.25, 0.3) is 0 Å². The van der Waals surface area contributed by atoms with Gasteiger partial charge in [0.05, 0.1) is 5.69 Å². The van der Waals surface area contributed by atoms with Crippen LogP contribution in [0.2, 0.25) is 5.02 Å². The topological polar surface area (TPSA) is 68.8 Å². The number of aliphatic hydroxyl groups excluding tert-OH is 1. The van der Waals surface area contributed by atoms with Crippen LogP contribution in [-0.2, 0) is 19.5 Å². The number of benzene rings is 1. The number of aliphatic hydroxyl groups is 1. The second kappa shape index (κ2) is 7.80. The Morgan fingerprint density at radius 2 is 1.96 bits per heavy atom. The molecule has 0 amide bonds. The predicted octanol–water partition coefficient (Wildman–Crippen LogP) is 2.77. The number of halogens is 1. The lowest BCUT2D eigenvalue weighted by Gasteiger charge is -2.06. The van der Waals surface area contributed by atoms with Crippen LogP contribution in [0.25, 0.3) is 0 Å². The zero-order valence-electron chi connectivity index (χ0n) is 14.5. The molecule has 7 heteroatoms. The first-order valence-corrected chi connectivity index (χ1v) is 8.72. The van der Waals surface area contributed by atoms with Crippen LogP contribution in [-0.4, -0.2) is 36.3 Å². The fraction of sp³-hybridized carbons (Fsp3) is 0.389. The molecule has 0 spiro atoms. The van der Waals surface area contributed by atoms with Crippen molar-refractivity contribution >= 4 is 11.6 Å². The molecule has 0 aliphatic rings. The minimum atomic E-state index is 0.128. The first-order valence-electron chi connectivity index (χ1n) is 8.34. The highest BCUT2D eigenvalue weighted by molar-refractivity contribution is 6.30. The van der Waals surface area contributed by atoms with Crippen LogP contribution in [0.15, 0.2) is 30.3 Å². The van der Waals surface area contributed by atoms with Gasteiger partial charge >= 0.3 is 0 Å². The van der Waals surface area contributed by atoms with E-state index in [-0.39, 0.29) is 6.61 Å². The molecule has 3 rings (SSSR count). The number of aryl methyl sites for hydroxylation is 3. The maximum atomic E-state index is 9.13. The average molecular weight is 360 g/mol. The fourth-order valence-corrected chi connectivity index (χ4v) is 3.03. The first kappa shape index (κ1) is 17.6. The Bertz CT molecular complexity index is 855. The smallest absolute Gasteiger partial charge is 0.155 e.